The van der Waals surface area contributed by atoms with Gasteiger partial charge in [-0.05, 0) is 47.8 Å². The van der Waals surface area contributed by atoms with Crippen LogP contribution >= 0.6 is 11.3 Å². The monoisotopic (exact) mass is 390 g/mol. The van der Waals surface area contributed by atoms with E-state index in [0.29, 0.717) is 5.69 Å². The number of thiophene rings is 1. The standard InChI is InChI=1S/C18H15FN2O3S2/c19-14-5-2-6-15(11-14)21-18(22)13-4-1-8-17(10-13)26(23,24)20-12-16-7-3-9-25-16/h1-11,20H,12H2,(H,21,22). The van der Waals surface area contributed by atoms with Crippen molar-refractivity contribution in [1.29, 1.82) is 0 Å². The Hall–Kier alpha value is -2.55. The fraction of sp³-hybridized carbons (Fsp3) is 0.0556. The van der Waals surface area contributed by atoms with Crippen LogP contribution in [0, 0.1) is 5.82 Å². The van der Waals surface area contributed by atoms with Crippen molar-refractivity contribution in [3.63, 3.8) is 0 Å². The van der Waals surface area contributed by atoms with E-state index in [0.717, 1.165) is 4.88 Å². The van der Waals surface area contributed by atoms with Gasteiger partial charge in [0.05, 0.1) is 4.90 Å². The van der Waals surface area contributed by atoms with Crippen molar-refractivity contribution in [2.24, 2.45) is 0 Å². The van der Waals surface area contributed by atoms with Crippen LogP contribution in [0.25, 0.3) is 0 Å². The Morgan fingerprint density at radius 1 is 1.04 bits per heavy atom. The lowest BCUT2D eigenvalue weighted by molar-refractivity contribution is 0.102. The van der Waals surface area contributed by atoms with Gasteiger partial charge in [0.1, 0.15) is 5.82 Å². The molecular formula is C18H15FN2O3S2. The van der Waals surface area contributed by atoms with Crippen LogP contribution in [0.4, 0.5) is 10.1 Å². The zero-order valence-electron chi connectivity index (χ0n) is 13.5. The molecule has 0 bridgehead atoms. The average molecular weight is 390 g/mol. The number of sulfonamides is 1. The van der Waals surface area contributed by atoms with Gasteiger partial charge in [-0.2, -0.15) is 0 Å². The van der Waals surface area contributed by atoms with Crippen LogP contribution in [0.2, 0.25) is 0 Å². The van der Waals surface area contributed by atoms with Crippen LogP contribution < -0.4 is 10.0 Å². The van der Waals surface area contributed by atoms with Crippen molar-refractivity contribution >= 4 is 33.0 Å². The molecule has 3 aromatic rings. The van der Waals surface area contributed by atoms with Crippen LogP contribution in [0.15, 0.2) is 70.9 Å². The molecule has 0 saturated heterocycles. The lowest BCUT2D eigenvalue weighted by atomic mass is 10.2. The van der Waals surface area contributed by atoms with Crippen LogP contribution in [0.5, 0.6) is 0 Å². The first-order chi connectivity index (χ1) is 12.4. The number of carbonyl (C=O) groups excluding carboxylic acids is 1. The number of benzene rings is 2. The molecule has 0 aliphatic heterocycles. The summed E-state index contributed by atoms with van der Waals surface area (Å²) in [6.45, 7) is 0.180. The molecule has 0 spiro atoms. The third-order valence-electron chi connectivity index (χ3n) is 3.51. The van der Waals surface area contributed by atoms with E-state index in [1.807, 2.05) is 17.5 Å². The highest BCUT2D eigenvalue weighted by atomic mass is 32.2. The first-order valence-electron chi connectivity index (χ1n) is 7.63. The fourth-order valence-electron chi connectivity index (χ4n) is 2.24. The third kappa shape index (κ3) is 4.54. The van der Waals surface area contributed by atoms with E-state index in [-0.39, 0.29) is 17.0 Å². The molecule has 0 atom stereocenters. The minimum absolute atomic E-state index is 0.0130. The third-order valence-corrected chi connectivity index (χ3v) is 5.78. The maximum atomic E-state index is 13.2. The zero-order valence-corrected chi connectivity index (χ0v) is 15.1. The topological polar surface area (TPSA) is 75.3 Å². The molecule has 2 aromatic carbocycles. The van der Waals surface area contributed by atoms with Crippen LogP contribution in [0.3, 0.4) is 0 Å². The van der Waals surface area contributed by atoms with Crippen molar-refractivity contribution in [1.82, 2.24) is 4.72 Å². The van der Waals surface area contributed by atoms with Gasteiger partial charge in [0.25, 0.3) is 5.91 Å². The molecular weight excluding hydrogens is 375 g/mol. The summed E-state index contributed by atoms with van der Waals surface area (Å²) in [5.41, 5.74) is 0.451. The summed E-state index contributed by atoms with van der Waals surface area (Å²) in [6, 6.07) is 14.8. The summed E-state index contributed by atoms with van der Waals surface area (Å²) in [7, 11) is -3.76. The molecule has 5 nitrogen and oxygen atoms in total. The first kappa shape index (κ1) is 18.2. The minimum atomic E-state index is -3.76. The number of amides is 1. The molecule has 3 rings (SSSR count). The lowest BCUT2D eigenvalue weighted by Gasteiger charge is -2.09. The molecule has 0 fully saturated rings. The number of hydrogen-bond acceptors (Lipinski definition) is 4. The molecule has 0 aliphatic carbocycles. The quantitative estimate of drug-likeness (QED) is 0.675. The Labute approximate surface area is 154 Å². The lowest BCUT2D eigenvalue weighted by Crippen LogP contribution is -2.23. The molecule has 0 radical (unpaired) electrons. The number of hydrogen-bond donors (Lipinski definition) is 2. The molecule has 1 heterocycles. The van der Waals surface area contributed by atoms with Crippen LogP contribution in [-0.4, -0.2) is 14.3 Å². The maximum Gasteiger partial charge on any atom is 0.255 e. The van der Waals surface area contributed by atoms with E-state index >= 15 is 0 Å². The summed E-state index contributed by atoms with van der Waals surface area (Å²) in [5.74, 6) is -0.997. The van der Waals surface area contributed by atoms with Crippen molar-refractivity contribution in [3.05, 3.63) is 82.3 Å². The molecule has 26 heavy (non-hydrogen) atoms. The van der Waals surface area contributed by atoms with E-state index in [1.54, 1.807) is 6.07 Å². The van der Waals surface area contributed by atoms with Crippen molar-refractivity contribution < 1.29 is 17.6 Å². The van der Waals surface area contributed by atoms with E-state index in [1.165, 1.54) is 53.8 Å². The Balaban J connectivity index is 1.75. The first-order valence-corrected chi connectivity index (χ1v) is 9.99. The number of carbonyl (C=O) groups is 1. The van der Waals surface area contributed by atoms with E-state index in [4.69, 9.17) is 0 Å². The normalized spacial score (nSPS) is 11.3. The molecule has 1 amide bonds. The van der Waals surface area contributed by atoms with Gasteiger partial charge < -0.3 is 5.32 Å². The second-order valence-electron chi connectivity index (χ2n) is 5.40. The molecule has 0 unspecified atom stereocenters. The average Bonchev–Trinajstić information content (AvgIpc) is 3.14. The van der Waals surface area contributed by atoms with E-state index in [9.17, 15) is 17.6 Å². The van der Waals surface area contributed by atoms with Gasteiger partial charge in [-0.1, -0.05) is 18.2 Å². The van der Waals surface area contributed by atoms with Gasteiger partial charge in [-0.25, -0.2) is 17.5 Å². The SMILES string of the molecule is O=C(Nc1cccc(F)c1)c1cccc(S(=O)(=O)NCc2cccs2)c1. The van der Waals surface area contributed by atoms with Crippen LogP contribution in [-0.2, 0) is 16.6 Å². The molecule has 2 N–H and O–H groups in total. The second-order valence-corrected chi connectivity index (χ2v) is 8.20. The number of rotatable bonds is 6. The summed E-state index contributed by atoms with van der Waals surface area (Å²) >= 11 is 1.45. The highest BCUT2D eigenvalue weighted by Crippen LogP contribution is 2.16. The van der Waals surface area contributed by atoms with Gasteiger partial charge in [0.15, 0.2) is 0 Å². The summed E-state index contributed by atoms with van der Waals surface area (Å²) in [6.07, 6.45) is 0. The summed E-state index contributed by atoms with van der Waals surface area (Å²) < 4.78 is 40.5. The van der Waals surface area contributed by atoms with Gasteiger partial charge >= 0.3 is 0 Å². The predicted octanol–water partition coefficient (Wildman–Crippen LogP) is 3.62. The minimum Gasteiger partial charge on any atom is -0.322 e. The van der Waals surface area contributed by atoms with Crippen LogP contribution in [0.1, 0.15) is 15.2 Å². The maximum absolute atomic E-state index is 13.2. The molecule has 0 saturated carbocycles. The van der Waals surface area contributed by atoms with Crippen molar-refractivity contribution in [2.75, 3.05) is 5.32 Å². The summed E-state index contributed by atoms with van der Waals surface area (Å²) in [4.78, 5) is 13.2. The molecule has 1 aromatic heterocycles. The highest BCUT2D eigenvalue weighted by molar-refractivity contribution is 7.89. The van der Waals surface area contributed by atoms with Gasteiger partial charge in [-0.3, -0.25) is 4.79 Å². The Morgan fingerprint density at radius 2 is 1.85 bits per heavy atom. The highest BCUT2D eigenvalue weighted by Gasteiger charge is 2.16. The second kappa shape index (κ2) is 7.77. The van der Waals surface area contributed by atoms with E-state index in [2.05, 4.69) is 10.0 Å². The largest absolute Gasteiger partial charge is 0.322 e. The molecule has 0 aliphatic rings. The fourth-order valence-corrected chi connectivity index (χ4v) is 4.02. The van der Waals surface area contributed by atoms with E-state index < -0.39 is 21.7 Å². The van der Waals surface area contributed by atoms with Gasteiger partial charge in [0, 0.05) is 22.7 Å². The Morgan fingerprint density at radius 3 is 2.58 bits per heavy atom. The van der Waals surface area contributed by atoms with Crippen molar-refractivity contribution in [2.45, 2.75) is 11.4 Å². The number of anilines is 1. The molecule has 8 heteroatoms. The zero-order chi connectivity index (χ0) is 18.6. The predicted molar refractivity (Wildman–Crippen MR) is 99.1 cm³/mol. The van der Waals surface area contributed by atoms with Crippen molar-refractivity contribution in [3.8, 4) is 0 Å². The summed E-state index contributed by atoms with van der Waals surface area (Å²) in [5, 5.41) is 4.40. The van der Waals surface area contributed by atoms with Gasteiger partial charge in [-0.15, -0.1) is 11.3 Å². The number of halogens is 1. The molecule has 134 valence electrons. The number of nitrogens with one attached hydrogen (secondary N) is 2. The smallest absolute Gasteiger partial charge is 0.255 e. The Kier molecular flexibility index (Phi) is 5.46. The van der Waals surface area contributed by atoms with Gasteiger partial charge in [0.2, 0.25) is 10.0 Å². The Bertz CT molecular complexity index is 1020.